The van der Waals surface area contributed by atoms with Crippen LogP contribution in [0, 0.1) is 12.3 Å². The standard InChI is InChI=1S/C32H41F2N6O6PS/c1-19(27(41)43-16-30(3,4)5)38-47(48,46-23-15-11-13-21-12-9-10-14-22(21)23)44-17-32(34)28(42)31(6,33)29(45-32)40-18-35-24-25(39(7)8)36-20(2)37-26(24)40/h9-15,18-19,28-29,42H,16-17H2,1-8H3,(H,38,48)/t19-,28-,29+,31+,32+,47?/m0/s1. The highest BCUT2D eigenvalue weighted by Gasteiger charge is 2.65. The van der Waals surface area contributed by atoms with E-state index in [9.17, 15) is 9.90 Å². The summed E-state index contributed by atoms with van der Waals surface area (Å²) in [5.41, 5.74) is -2.45. The lowest BCUT2D eigenvalue weighted by molar-refractivity contribution is -0.202. The Labute approximate surface area is 283 Å². The van der Waals surface area contributed by atoms with E-state index >= 15 is 8.78 Å². The number of imidazole rings is 1. The van der Waals surface area contributed by atoms with E-state index in [0.29, 0.717) is 28.3 Å². The van der Waals surface area contributed by atoms with Crippen molar-refractivity contribution in [2.45, 2.75) is 71.4 Å². The Balaban J connectivity index is 1.45. The first-order chi connectivity index (χ1) is 22.3. The molecule has 1 unspecified atom stereocenters. The van der Waals surface area contributed by atoms with Gasteiger partial charge in [-0.05, 0) is 49.4 Å². The predicted octanol–water partition coefficient (Wildman–Crippen LogP) is 5.53. The number of hydrogen-bond donors (Lipinski definition) is 2. The Hall–Kier alpha value is -3.33. The third kappa shape index (κ3) is 7.31. The predicted molar refractivity (Wildman–Crippen MR) is 182 cm³/mol. The third-order valence-corrected chi connectivity index (χ3v) is 10.1. The number of halogens is 2. The van der Waals surface area contributed by atoms with Gasteiger partial charge in [-0.3, -0.25) is 9.36 Å². The summed E-state index contributed by atoms with van der Waals surface area (Å²) in [7, 11) is 3.53. The van der Waals surface area contributed by atoms with Gasteiger partial charge in [0, 0.05) is 19.5 Å². The van der Waals surface area contributed by atoms with Gasteiger partial charge in [0.05, 0.1) is 12.9 Å². The maximum absolute atomic E-state index is 16.7. The van der Waals surface area contributed by atoms with Crippen molar-refractivity contribution >= 4 is 52.2 Å². The Morgan fingerprint density at radius 2 is 1.90 bits per heavy atom. The fraction of sp³-hybridized carbons (Fsp3) is 0.500. The molecular weight excluding hydrogens is 665 g/mol. The quantitative estimate of drug-likeness (QED) is 0.150. The number of hydrogen-bond acceptors (Lipinski definition) is 11. The van der Waals surface area contributed by atoms with Crippen LogP contribution in [0.4, 0.5) is 14.6 Å². The lowest BCUT2D eigenvalue weighted by Crippen LogP contribution is -2.47. The fourth-order valence-electron chi connectivity index (χ4n) is 5.22. The first-order valence-electron chi connectivity index (χ1n) is 15.3. The van der Waals surface area contributed by atoms with Crippen molar-refractivity contribution in [2.24, 2.45) is 5.41 Å². The van der Waals surface area contributed by atoms with Crippen LogP contribution >= 0.6 is 6.64 Å². The molecule has 1 aliphatic heterocycles. The highest BCUT2D eigenvalue weighted by atomic mass is 32.5. The number of aryl methyl sites for hydroxylation is 1. The molecule has 4 aromatic rings. The zero-order chi connectivity index (χ0) is 35.2. The largest absolute Gasteiger partial charge is 0.464 e. The second-order valence-corrected chi connectivity index (χ2v) is 16.6. The maximum Gasteiger partial charge on any atom is 0.323 e. The summed E-state index contributed by atoms with van der Waals surface area (Å²) in [4.78, 5) is 27.8. The average molecular weight is 707 g/mol. The number of nitrogens with zero attached hydrogens (tertiary/aromatic N) is 5. The topological polar surface area (TPSA) is 133 Å². The highest BCUT2D eigenvalue weighted by molar-refractivity contribution is 8.09. The summed E-state index contributed by atoms with van der Waals surface area (Å²) in [6.07, 6.45) is -2.78. The van der Waals surface area contributed by atoms with Crippen molar-refractivity contribution < 1.29 is 37.2 Å². The van der Waals surface area contributed by atoms with E-state index in [2.05, 4.69) is 20.0 Å². The minimum atomic E-state index is -3.84. The highest BCUT2D eigenvalue weighted by Crippen LogP contribution is 2.53. The van der Waals surface area contributed by atoms with Crippen LogP contribution < -0.4 is 14.5 Å². The van der Waals surface area contributed by atoms with Crippen LogP contribution in [0.5, 0.6) is 5.75 Å². The molecule has 0 radical (unpaired) electrons. The van der Waals surface area contributed by atoms with Crippen molar-refractivity contribution in [2.75, 3.05) is 32.2 Å². The van der Waals surface area contributed by atoms with Crippen LogP contribution in [0.1, 0.15) is 46.7 Å². The van der Waals surface area contributed by atoms with Crippen LogP contribution in [0.25, 0.3) is 21.9 Å². The molecule has 0 aliphatic carbocycles. The first-order valence-corrected chi connectivity index (χ1v) is 18.0. The summed E-state index contributed by atoms with van der Waals surface area (Å²) >= 11 is 5.82. The number of carbonyl (C=O) groups is 1. The number of rotatable bonds is 11. The summed E-state index contributed by atoms with van der Waals surface area (Å²) in [5, 5.41) is 15.5. The van der Waals surface area contributed by atoms with Gasteiger partial charge in [-0.2, -0.15) is 0 Å². The number of aromatic nitrogens is 4. The molecule has 48 heavy (non-hydrogen) atoms. The van der Waals surface area contributed by atoms with E-state index in [1.54, 1.807) is 38.1 Å². The molecule has 0 bridgehead atoms. The Kier molecular flexibility index (Phi) is 9.88. The minimum Gasteiger partial charge on any atom is -0.464 e. The summed E-state index contributed by atoms with van der Waals surface area (Å²) in [5.74, 6) is -2.59. The number of benzene rings is 2. The van der Waals surface area contributed by atoms with Crippen molar-refractivity contribution in [1.29, 1.82) is 0 Å². The van der Waals surface area contributed by atoms with Gasteiger partial charge < -0.3 is 28.5 Å². The molecule has 1 aliphatic rings. The lowest BCUT2D eigenvalue weighted by Gasteiger charge is -2.30. The molecule has 1 fully saturated rings. The average Bonchev–Trinajstić information content (AvgIpc) is 3.50. The first kappa shape index (κ1) is 36.0. The smallest absolute Gasteiger partial charge is 0.323 e. The molecule has 260 valence electrons. The van der Waals surface area contributed by atoms with Gasteiger partial charge in [0.1, 0.15) is 24.2 Å². The Bertz CT molecular complexity index is 1860. The van der Waals surface area contributed by atoms with Crippen molar-refractivity contribution in [3.05, 3.63) is 54.6 Å². The molecule has 12 nitrogen and oxygen atoms in total. The number of aliphatic hydroxyl groups excluding tert-OH is 1. The SMILES string of the molecule is Cc1nc(N(C)C)c2ncn([C@@H]3O[C@](F)(COP(=S)(N[C@@H](C)C(=O)OCC(C)(C)C)Oc4cccc5ccccc45)[C@@H](O)[C@@]3(C)F)c2n1. The van der Waals surface area contributed by atoms with Crippen molar-refractivity contribution in [3.8, 4) is 5.75 Å². The molecule has 6 atom stereocenters. The summed E-state index contributed by atoms with van der Waals surface area (Å²) in [6.45, 7) is 5.18. The van der Waals surface area contributed by atoms with E-state index in [4.69, 9.17) is 30.3 Å². The molecule has 0 amide bonds. The van der Waals surface area contributed by atoms with Crippen LogP contribution in [0.3, 0.4) is 0 Å². The number of nitrogens with one attached hydrogen (secondary N) is 1. The van der Waals surface area contributed by atoms with Crippen LogP contribution in [-0.4, -0.2) is 81.6 Å². The zero-order valence-corrected chi connectivity index (χ0v) is 29.8. The van der Waals surface area contributed by atoms with Gasteiger partial charge in [0.25, 0.3) is 5.85 Å². The molecule has 3 heterocycles. The number of alkyl halides is 2. The molecule has 2 N–H and O–H groups in total. The normalized spacial score (nSPS) is 24.8. The van der Waals surface area contributed by atoms with E-state index in [0.717, 1.165) is 12.3 Å². The van der Waals surface area contributed by atoms with Gasteiger partial charge in [0.2, 0.25) is 0 Å². The number of anilines is 1. The van der Waals surface area contributed by atoms with E-state index in [1.165, 1.54) is 17.8 Å². The molecular formula is C32H41F2N6O6PS. The van der Waals surface area contributed by atoms with Crippen molar-refractivity contribution in [3.63, 3.8) is 0 Å². The molecule has 1 saturated heterocycles. The molecule has 0 saturated carbocycles. The monoisotopic (exact) mass is 706 g/mol. The molecule has 2 aromatic carbocycles. The second-order valence-electron chi connectivity index (χ2n) is 13.5. The van der Waals surface area contributed by atoms with Gasteiger partial charge in [-0.15, -0.1) is 0 Å². The van der Waals surface area contributed by atoms with Gasteiger partial charge in [0.15, 0.2) is 35.0 Å². The summed E-state index contributed by atoms with van der Waals surface area (Å²) < 4.78 is 57.5. The third-order valence-electron chi connectivity index (χ3n) is 7.68. The van der Waals surface area contributed by atoms with E-state index < -0.39 is 49.1 Å². The zero-order valence-electron chi connectivity index (χ0n) is 28.1. The summed E-state index contributed by atoms with van der Waals surface area (Å²) in [6, 6.07) is 11.6. The number of fused-ring (bicyclic) bond motifs is 2. The van der Waals surface area contributed by atoms with E-state index in [1.807, 2.05) is 51.1 Å². The van der Waals surface area contributed by atoms with Crippen LogP contribution in [0.2, 0.25) is 0 Å². The van der Waals surface area contributed by atoms with Crippen molar-refractivity contribution in [1.82, 2.24) is 24.6 Å². The Morgan fingerprint density at radius 3 is 2.58 bits per heavy atom. The van der Waals surface area contributed by atoms with Gasteiger partial charge in [-0.25, -0.2) is 28.8 Å². The Morgan fingerprint density at radius 1 is 1.21 bits per heavy atom. The molecule has 16 heteroatoms. The maximum atomic E-state index is 16.7. The number of aliphatic hydroxyl groups is 1. The van der Waals surface area contributed by atoms with E-state index in [-0.39, 0.29) is 17.7 Å². The molecule has 5 rings (SSSR count). The van der Waals surface area contributed by atoms with Crippen LogP contribution in [-0.2, 0) is 30.6 Å². The number of carbonyl (C=O) groups excluding carboxylic acids is 1. The lowest BCUT2D eigenvalue weighted by atomic mass is 9.97. The second kappa shape index (κ2) is 13.2. The fourth-order valence-corrected chi connectivity index (χ4v) is 7.62. The number of esters is 1. The van der Waals surface area contributed by atoms with Crippen LogP contribution in [0.15, 0.2) is 48.8 Å². The van der Waals surface area contributed by atoms with Gasteiger partial charge >= 0.3 is 12.6 Å². The number of ether oxygens (including phenoxy) is 2. The van der Waals surface area contributed by atoms with Gasteiger partial charge in [-0.1, -0.05) is 57.2 Å². The molecule has 2 aromatic heterocycles. The minimum absolute atomic E-state index is 0.138. The molecule has 0 spiro atoms.